The molecular formula is C8H3F4NO. The first kappa shape index (κ1) is 10.3. The first-order valence-electron chi connectivity index (χ1n) is 3.39. The third-order valence-corrected chi connectivity index (χ3v) is 1.38. The van der Waals surface area contributed by atoms with E-state index in [2.05, 4.69) is 4.74 Å². The lowest BCUT2D eigenvalue weighted by atomic mass is 10.2. The number of rotatable bonds is 2. The minimum Gasteiger partial charge on any atom is -0.432 e. The van der Waals surface area contributed by atoms with E-state index >= 15 is 0 Å². The molecule has 0 radical (unpaired) electrons. The molecular weight excluding hydrogens is 202 g/mol. The lowest BCUT2D eigenvalue weighted by Gasteiger charge is -2.06. The molecule has 0 spiro atoms. The summed E-state index contributed by atoms with van der Waals surface area (Å²) in [5, 5.41) is 8.28. The van der Waals surface area contributed by atoms with E-state index < -0.39 is 29.6 Å². The maximum Gasteiger partial charge on any atom is 0.387 e. The molecule has 0 saturated carbocycles. The first-order valence-corrected chi connectivity index (χ1v) is 3.39. The third kappa shape index (κ3) is 1.93. The fourth-order valence-corrected chi connectivity index (χ4v) is 0.823. The van der Waals surface area contributed by atoms with Gasteiger partial charge in [-0.05, 0) is 12.1 Å². The van der Waals surface area contributed by atoms with Crippen molar-refractivity contribution in [2.45, 2.75) is 6.61 Å². The Morgan fingerprint density at radius 2 is 1.93 bits per heavy atom. The monoisotopic (exact) mass is 205 g/mol. The lowest BCUT2D eigenvalue weighted by molar-refractivity contribution is -0.0522. The number of hydrogen-bond donors (Lipinski definition) is 0. The zero-order valence-corrected chi connectivity index (χ0v) is 6.60. The van der Waals surface area contributed by atoms with Gasteiger partial charge in [-0.2, -0.15) is 14.0 Å². The predicted molar refractivity (Wildman–Crippen MR) is 37.7 cm³/mol. The van der Waals surface area contributed by atoms with E-state index in [1.165, 1.54) is 6.07 Å². The van der Waals surface area contributed by atoms with Crippen LogP contribution in [0.5, 0.6) is 5.75 Å². The molecule has 1 rings (SSSR count). The second kappa shape index (κ2) is 3.96. The number of benzene rings is 1. The lowest BCUT2D eigenvalue weighted by Crippen LogP contribution is -2.05. The zero-order chi connectivity index (χ0) is 10.7. The highest BCUT2D eigenvalue weighted by molar-refractivity contribution is 5.39. The van der Waals surface area contributed by atoms with E-state index in [1.807, 2.05) is 0 Å². The Kier molecular flexibility index (Phi) is 2.92. The average Bonchev–Trinajstić information content (AvgIpc) is 2.10. The molecule has 0 aliphatic rings. The summed E-state index contributed by atoms with van der Waals surface area (Å²) in [6.45, 7) is -3.22. The van der Waals surface area contributed by atoms with Crippen molar-refractivity contribution in [2.24, 2.45) is 0 Å². The van der Waals surface area contributed by atoms with E-state index in [-0.39, 0.29) is 0 Å². The summed E-state index contributed by atoms with van der Waals surface area (Å²) < 4.78 is 52.7. The van der Waals surface area contributed by atoms with Crippen molar-refractivity contribution in [1.82, 2.24) is 0 Å². The van der Waals surface area contributed by atoms with E-state index in [9.17, 15) is 17.6 Å². The molecule has 2 nitrogen and oxygen atoms in total. The number of alkyl halides is 2. The van der Waals surface area contributed by atoms with Crippen LogP contribution in [-0.2, 0) is 0 Å². The van der Waals surface area contributed by atoms with Gasteiger partial charge in [0.25, 0.3) is 0 Å². The highest BCUT2D eigenvalue weighted by Gasteiger charge is 2.16. The Balaban J connectivity index is 3.16. The van der Waals surface area contributed by atoms with E-state index in [4.69, 9.17) is 5.26 Å². The molecule has 0 amide bonds. The Morgan fingerprint density at radius 1 is 1.29 bits per heavy atom. The average molecular weight is 205 g/mol. The van der Waals surface area contributed by atoms with Gasteiger partial charge >= 0.3 is 6.61 Å². The van der Waals surface area contributed by atoms with Crippen molar-refractivity contribution >= 4 is 0 Å². The molecule has 6 heteroatoms. The van der Waals surface area contributed by atoms with Crippen LogP contribution in [0.25, 0.3) is 0 Å². The quantitative estimate of drug-likeness (QED) is 0.694. The minimum absolute atomic E-state index is 0.680. The van der Waals surface area contributed by atoms with Crippen LogP contribution in [0.15, 0.2) is 12.1 Å². The van der Waals surface area contributed by atoms with Gasteiger partial charge in [-0.25, -0.2) is 8.78 Å². The molecule has 1 aromatic rings. The van der Waals surface area contributed by atoms with Gasteiger partial charge in [0.2, 0.25) is 0 Å². The van der Waals surface area contributed by atoms with Crippen LogP contribution in [-0.4, -0.2) is 6.61 Å². The molecule has 0 atom stereocenters. The minimum atomic E-state index is -3.22. The topological polar surface area (TPSA) is 33.0 Å². The molecule has 0 aromatic heterocycles. The SMILES string of the molecule is N#Cc1c(F)ccc(OC(F)F)c1F. The van der Waals surface area contributed by atoms with E-state index in [0.717, 1.165) is 0 Å². The van der Waals surface area contributed by atoms with Gasteiger partial charge in [-0.15, -0.1) is 0 Å². The summed E-state index contributed by atoms with van der Waals surface area (Å²) in [7, 11) is 0. The maximum atomic E-state index is 13.0. The zero-order valence-electron chi connectivity index (χ0n) is 6.60. The van der Waals surface area contributed by atoms with Crippen molar-refractivity contribution < 1.29 is 22.3 Å². The van der Waals surface area contributed by atoms with Crippen LogP contribution in [0.3, 0.4) is 0 Å². The molecule has 0 fully saturated rings. The second-order valence-electron chi connectivity index (χ2n) is 2.22. The fraction of sp³-hybridized carbons (Fsp3) is 0.125. The van der Waals surface area contributed by atoms with Gasteiger partial charge in [0, 0.05) is 0 Å². The Bertz CT molecular complexity index is 386. The fourth-order valence-electron chi connectivity index (χ4n) is 0.823. The van der Waals surface area contributed by atoms with Gasteiger partial charge in [0.1, 0.15) is 17.4 Å². The Labute approximate surface area is 76.3 Å². The number of nitrogens with zero attached hydrogens (tertiary/aromatic N) is 1. The summed E-state index contributed by atoms with van der Waals surface area (Å²) in [6, 6.07) is 2.57. The summed E-state index contributed by atoms with van der Waals surface area (Å²) >= 11 is 0. The highest BCUT2D eigenvalue weighted by atomic mass is 19.3. The molecule has 74 valence electrons. The summed E-state index contributed by atoms with van der Waals surface area (Å²) in [6.07, 6.45) is 0. The largest absolute Gasteiger partial charge is 0.432 e. The van der Waals surface area contributed by atoms with Crippen LogP contribution >= 0.6 is 0 Å². The molecule has 0 saturated heterocycles. The van der Waals surface area contributed by atoms with Crippen LogP contribution in [0.4, 0.5) is 17.6 Å². The Hall–Kier alpha value is -1.77. The standard InChI is InChI=1S/C8H3F4NO/c9-5-1-2-6(14-8(11)12)7(10)4(5)3-13/h1-2,8H. The first-order chi connectivity index (χ1) is 6.56. The van der Waals surface area contributed by atoms with Crippen LogP contribution in [0.2, 0.25) is 0 Å². The van der Waals surface area contributed by atoms with Gasteiger partial charge in [0.15, 0.2) is 11.6 Å². The number of ether oxygens (including phenoxy) is 1. The van der Waals surface area contributed by atoms with E-state index in [1.54, 1.807) is 0 Å². The normalized spacial score (nSPS) is 10.0. The molecule has 0 aliphatic carbocycles. The van der Waals surface area contributed by atoms with Crippen molar-refractivity contribution in [1.29, 1.82) is 5.26 Å². The van der Waals surface area contributed by atoms with Crippen molar-refractivity contribution in [3.63, 3.8) is 0 Å². The summed E-state index contributed by atoms with van der Waals surface area (Å²) in [4.78, 5) is 0. The molecule has 14 heavy (non-hydrogen) atoms. The smallest absolute Gasteiger partial charge is 0.387 e. The molecule has 1 aromatic carbocycles. The maximum absolute atomic E-state index is 13.0. The molecule has 0 N–H and O–H groups in total. The van der Waals surface area contributed by atoms with Gasteiger partial charge in [-0.3, -0.25) is 0 Å². The molecule has 0 bridgehead atoms. The van der Waals surface area contributed by atoms with Crippen LogP contribution < -0.4 is 4.74 Å². The predicted octanol–water partition coefficient (Wildman–Crippen LogP) is 2.44. The number of halogens is 4. The number of hydrogen-bond acceptors (Lipinski definition) is 2. The summed E-state index contributed by atoms with van der Waals surface area (Å²) in [5.41, 5.74) is -0.942. The number of nitriles is 1. The van der Waals surface area contributed by atoms with Crippen molar-refractivity contribution in [2.75, 3.05) is 0 Å². The molecule has 0 aliphatic heterocycles. The third-order valence-electron chi connectivity index (χ3n) is 1.38. The highest BCUT2D eigenvalue weighted by Crippen LogP contribution is 2.23. The summed E-state index contributed by atoms with van der Waals surface area (Å²) in [5.74, 6) is -3.39. The van der Waals surface area contributed by atoms with Gasteiger partial charge in [0.05, 0.1) is 0 Å². The van der Waals surface area contributed by atoms with Gasteiger partial charge < -0.3 is 4.74 Å². The van der Waals surface area contributed by atoms with Crippen molar-refractivity contribution in [3.8, 4) is 11.8 Å². The van der Waals surface area contributed by atoms with Crippen LogP contribution in [0, 0.1) is 23.0 Å². The second-order valence-corrected chi connectivity index (χ2v) is 2.22. The Morgan fingerprint density at radius 3 is 2.43 bits per heavy atom. The molecule has 0 unspecified atom stereocenters. The van der Waals surface area contributed by atoms with Crippen molar-refractivity contribution in [3.05, 3.63) is 29.3 Å². The van der Waals surface area contributed by atoms with Crippen LogP contribution in [0.1, 0.15) is 5.56 Å². The van der Waals surface area contributed by atoms with E-state index in [0.29, 0.717) is 12.1 Å². The molecule has 0 heterocycles. The van der Waals surface area contributed by atoms with Gasteiger partial charge in [-0.1, -0.05) is 0 Å².